The van der Waals surface area contributed by atoms with Crippen LogP contribution in [0.5, 0.6) is 0 Å². The van der Waals surface area contributed by atoms with Crippen LogP contribution in [0, 0.1) is 5.92 Å². The summed E-state index contributed by atoms with van der Waals surface area (Å²) in [5.74, 6) is 1.76. The van der Waals surface area contributed by atoms with Crippen LogP contribution >= 0.6 is 0 Å². The van der Waals surface area contributed by atoms with E-state index >= 15 is 0 Å². The zero-order valence-corrected chi connectivity index (χ0v) is 9.64. The van der Waals surface area contributed by atoms with E-state index in [0.717, 1.165) is 23.5 Å². The lowest BCUT2D eigenvalue weighted by Gasteiger charge is -2.14. The molecule has 0 radical (unpaired) electrons. The first-order valence-electron chi connectivity index (χ1n) is 5.78. The second kappa shape index (κ2) is 3.56. The lowest BCUT2D eigenvalue weighted by Crippen LogP contribution is -2.20. The molecule has 1 N–H and O–H groups in total. The summed E-state index contributed by atoms with van der Waals surface area (Å²) >= 11 is 0. The van der Waals surface area contributed by atoms with E-state index in [-0.39, 0.29) is 0 Å². The predicted molar refractivity (Wildman–Crippen MR) is 63.0 cm³/mol. The Bertz CT molecular complexity index is 517. The standard InChI is InChI=1S/C12H16N4/c1-8-5-7-13-10(8)12-15-11-9(16(12)2)4-3-6-14-11/h3-4,6,8,10,13H,5,7H2,1-2H3. The molecule has 1 fully saturated rings. The summed E-state index contributed by atoms with van der Waals surface area (Å²) in [6.45, 7) is 3.36. The van der Waals surface area contributed by atoms with Crippen molar-refractivity contribution in [3.63, 3.8) is 0 Å². The van der Waals surface area contributed by atoms with E-state index in [1.807, 2.05) is 6.07 Å². The second-order valence-electron chi connectivity index (χ2n) is 4.57. The molecular formula is C12H16N4. The fourth-order valence-corrected chi connectivity index (χ4v) is 2.50. The summed E-state index contributed by atoms with van der Waals surface area (Å²) in [5.41, 5.74) is 1.96. The monoisotopic (exact) mass is 216 g/mol. The second-order valence-corrected chi connectivity index (χ2v) is 4.57. The molecule has 2 atom stereocenters. The molecular weight excluding hydrogens is 200 g/mol. The minimum absolute atomic E-state index is 0.374. The van der Waals surface area contributed by atoms with Crippen molar-refractivity contribution in [2.45, 2.75) is 19.4 Å². The highest BCUT2D eigenvalue weighted by Crippen LogP contribution is 2.29. The summed E-state index contributed by atoms with van der Waals surface area (Å²) in [4.78, 5) is 8.93. The number of hydrogen-bond acceptors (Lipinski definition) is 3. The molecule has 0 aromatic carbocycles. The average molecular weight is 216 g/mol. The van der Waals surface area contributed by atoms with Gasteiger partial charge in [0.25, 0.3) is 0 Å². The van der Waals surface area contributed by atoms with Crippen molar-refractivity contribution in [1.29, 1.82) is 0 Å². The molecule has 1 aliphatic heterocycles. The summed E-state index contributed by atoms with van der Waals surface area (Å²) in [6.07, 6.45) is 3.02. The minimum atomic E-state index is 0.374. The zero-order valence-electron chi connectivity index (χ0n) is 9.64. The average Bonchev–Trinajstić information content (AvgIpc) is 2.84. The summed E-state index contributed by atoms with van der Waals surface area (Å²) in [6, 6.07) is 4.40. The first-order chi connectivity index (χ1) is 7.77. The van der Waals surface area contributed by atoms with Crippen molar-refractivity contribution in [2.24, 2.45) is 13.0 Å². The Balaban J connectivity index is 2.13. The van der Waals surface area contributed by atoms with E-state index in [0.29, 0.717) is 12.0 Å². The number of aryl methyl sites for hydroxylation is 1. The van der Waals surface area contributed by atoms with Gasteiger partial charge in [-0.1, -0.05) is 6.92 Å². The molecule has 0 spiro atoms. The van der Waals surface area contributed by atoms with Crippen molar-refractivity contribution in [1.82, 2.24) is 19.9 Å². The van der Waals surface area contributed by atoms with Gasteiger partial charge in [0.2, 0.25) is 0 Å². The van der Waals surface area contributed by atoms with Crippen molar-refractivity contribution >= 4 is 11.2 Å². The zero-order chi connectivity index (χ0) is 11.1. The van der Waals surface area contributed by atoms with E-state index < -0.39 is 0 Å². The number of pyridine rings is 1. The number of aromatic nitrogens is 3. The molecule has 1 saturated heterocycles. The van der Waals surface area contributed by atoms with E-state index in [1.165, 1.54) is 6.42 Å². The van der Waals surface area contributed by atoms with Crippen LogP contribution in [-0.2, 0) is 7.05 Å². The van der Waals surface area contributed by atoms with Crippen molar-refractivity contribution in [2.75, 3.05) is 6.54 Å². The van der Waals surface area contributed by atoms with Gasteiger partial charge in [-0.05, 0) is 31.0 Å². The molecule has 4 nitrogen and oxygen atoms in total. The maximum Gasteiger partial charge on any atom is 0.177 e. The van der Waals surface area contributed by atoms with E-state index in [1.54, 1.807) is 6.20 Å². The number of nitrogens with one attached hydrogen (secondary N) is 1. The highest BCUT2D eigenvalue weighted by molar-refractivity contribution is 5.71. The van der Waals surface area contributed by atoms with Gasteiger partial charge in [0, 0.05) is 13.2 Å². The minimum Gasteiger partial charge on any atom is -0.328 e. The smallest absolute Gasteiger partial charge is 0.177 e. The largest absolute Gasteiger partial charge is 0.328 e. The van der Waals surface area contributed by atoms with Gasteiger partial charge in [-0.15, -0.1) is 0 Å². The van der Waals surface area contributed by atoms with Gasteiger partial charge in [-0.25, -0.2) is 9.97 Å². The Labute approximate surface area is 94.7 Å². The fourth-order valence-electron chi connectivity index (χ4n) is 2.50. The maximum atomic E-state index is 4.63. The third-order valence-corrected chi connectivity index (χ3v) is 3.50. The molecule has 3 heterocycles. The Kier molecular flexibility index (Phi) is 2.17. The SMILES string of the molecule is CC1CCNC1c1nc2ncccc2n1C. The first-order valence-corrected chi connectivity index (χ1v) is 5.78. The van der Waals surface area contributed by atoms with Gasteiger partial charge in [0.15, 0.2) is 5.65 Å². The van der Waals surface area contributed by atoms with Crippen LogP contribution in [0.3, 0.4) is 0 Å². The summed E-state index contributed by atoms with van der Waals surface area (Å²) < 4.78 is 2.15. The van der Waals surface area contributed by atoms with Gasteiger partial charge in [-0.3, -0.25) is 0 Å². The number of nitrogens with zero attached hydrogens (tertiary/aromatic N) is 3. The van der Waals surface area contributed by atoms with Crippen LogP contribution in [0.4, 0.5) is 0 Å². The Morgan fingerprint density at radius 3 is 3.06 bits per heavy atom. The topological polar surface area (TPSA) is 42.7 Å². The number of hydrogen-bond donors (Lipinski definition) is 1. The van der Waals surface area contributed by atoms with Crippen LogP contribution in [0.2, 0.25) is 0 Å². The molecule has 4 heteroatoms. The predicted octanol–water partition coefficient (Wildman–Crippen LogP) is 1.64. The molecule has 0 saturated carbocycles. The van der Waals surface area contributed by atoms with Crippen LogP contribution in [-0.4, -0.2) is 21.1 Å². The molecule has 16 heavy (non-hydrogen) atoms. The Hall–Kier alpha value is -1.42. The van der Waals surface area contributed by atoms with Gasteiger partial charge in [0.05, 0.1) is 11.6 Å². The normalized spacial score (nSPS) is 25.4. The highest BCUT2D eigenvalue weighted by Gasteiger charge is 2.28. The van der Waals surface area contributed by atoms with Gasteiger partial charge in [-0.2, -0.15) is 0 Å². The van der Waals surface area contributed by atoms with Crippen LogP contribution in [0.1, 0.15) is 25.2 Å². The van der Waals surface area contributed by atoms with E-state index in [9.17, 15) is 0 Å². The van der Waals surface area contributed by atoms with Crippen LogP contribution in [0.15, 0.2) is 18.3 Å². The molecule has 2 unspecified atom stereocenters. The first kappa shape index (κ1) is 9.78. The summed E-state index contributed by atoms with van der Waals surface area (Å²) in [5, 5.41) is 3.51. The third kappa shape index (κ3) is 1.33. The van der Waals surface area contributed by atoms with E-state index in [2.05, 4.69) is 39.9 Å². The lowest BCUT2D eigenvalue weighted by atomic mass is 10.0. The van der Waals surface area contributed by atoms with E-state index in [4.69, 9.17) is 0 Å². The number of fused-ring (bicyclic) bond motifs is 1. The molecule has 1 aliphatic rings. The molecule has 2 aromatic heterocycles. The molecule has 3 rings (SSSR count). The highest BCUT2D eigenvalue weighted by atomic mass is 15.1. The number of rotatable bonds is 1. The van der Waals surface area contributed by atoms with Crippen molar-refractivity contribution in [3.05, 3.63) is 24.2 Å². The number of imidazole rings is 1. The van der Waals surface area contributed by atoms with Gasteiger partial charge in [0.1, 0.15) is 5.82 Å². The quantitative estimate of drug-likeness (QED) is 0.788. The Morgan fingerprint density at radius 2 is 2.38 bits per heavy atom. The van der Waals surface area contributed by atoms with Crippen LogP contribution in [0.25, 0.3) is 11.2 Å². The molecule has 0 aliphatic carbocycles. The van der Waals surface area contributed by atoms with Crippen molar-refractivity contribution in [3.8, 4) is 0 Å². The Morgan fingerprint density at radius 1 is 1.50 bits per heavy atom. The summed E-state index contributed by atoms with van der Waals surface area (Å²) in [7, 11) is 2.07. The molecule has 0 bridgehead atoms. The third-order valence-electron chi connectivity index (χ3n) is 3.50. The van der Waals surface area contributed by atoms with Crippen molar-refractivity contribution < 1.29 is 0 Å². The molecule has 84 valence electrons. The van der Waals surface area contributed by atoms with Gasteiger partial charge >= 0.3 is 0 Å². The lowest BCUT2D eigenvalue weighted by molar-refractivity contribution is 0.469. The maximum absolute atomic E-state index is 4.63. The van der Waals surface area contributed by atoms with Gasteiger partial charge < -0.3 is 9.88 Å². The molecule has 0 amide bonds. The van der Waals surface area contributed by atoms with Crippen LogP contribution < -0.4 is 5.32 Å². The molecule has 2 aromatic rings. The fraction of sp³-hybridized carbons (Fsp3) is 0.500.